The molecule has 1 N–H and O–H groups in total. The predicted molar refractivity (Wildman–Crippen MR) is 104 cm³/mol. The molecule has 0 spiro atoms. The van der Waals surface area contributed by atoms with Gasteiger partial charge in [0.15, 0.2) is 6.61 Å². The second-order valence-electron chi connectivity index (χ2n) is 6.36. The highest BCUT2D eigenvalue weighted by molar-refractivity contribution is 6.05. The van der Waals surface area contributed by atoms with Crippen molar-refractivity contribution in [3.8, 4) is 5.75 Å². The van der Waals surface area contributed by atoms with Crippen molar-refractivity contribution in [1.29, 1.82) is 0 Å². The van der Waals surface area contributed by atoms with Crippen molar-refractivity contribution in [1.82, 2.24) is 0 Å². The fraction of sp³-hybridized carbons (Fsp3) is 0.0909. The van der Waals surface area contributed by atoms with Crippen molar-refractivity contribution in [3.05, 3.63) is 89.7 Å². The maximum absolute atomic E-state index is 14.0. The average Bonchev–Trinajstić information content (AvgIpc) is 2.72. The Bertz CT molecular complexity index is 1040. The summed E-state index contributed by atoms with van der Waals surface area (Å²) in [5.74, 6) is -0.399. The van der Waals surface area contributed by atoms with Crippen LogP contribution in [0, 0.1) is 5.82 Å². The molecule has 2 amide bonds. The molecule has 4 rings (SSSR count). The van der Waals surface area contributed by atoms with Crippen LogP contribution >= 0.6 is 0 Å². The highest BCUT2D eigenvalue weighted by Gasteiger charge is 2.26. The van der Waals surface area contributed by atoms with Crippen LogP contribution in [0.4, 0.5) is 15.8 Å². The Morgan fingerprint density at radius 3 is 2.57 bits per heavy atom. The number of nitrogens with one attached hydrogen (secondary N) is 1. The summed E-state index contributed by atoms with van der Waals surface area (Å²) >= 11 is 0. The number of fused-ring (bicyclic) bond motifs is 1. The summed E-state index contributed by atoms with van der Waals surface area (Å²) in [5.41, 5.74) is 2.05. The van der Waals surface area contributed by atoms with E-state index in [9.17, 15) is 14.0 Å². The van der Waals surface area contributed by atoms with Gasteiger partial charge in [0, 0.05) is 22.9 Å². The molecule has 140 valence electrons. The summed E-state index contributed by atoms with van der Waals surface area (Å²) < 4.78 is 19.5. The molecule has 0 bridgehead atoms. The summed E-state index contributed by atoms with van der Waals surface area (Å²) in [4.78, 5) is 26.1. The SMILES string of the molecule is O=C(Nc1ccc2c(c1)OCC(=O)N2Cc1ccccc1F)c1ccccc1. The molecular weight excluding hydrogens is 359 g/mol. The van der Waals surface area contributed by atoms with Crippen LogP contribution < -0.4 is 15.0 Å². The Hall–Kier alpha value is -3.67. The van der Waals surface area contributed by atoms with Crippen molar-refractivity contribution >= 4 is 23.2 Å². The van der Waals surface area contributed by atoms with Gasteiger partial charge < -0.3 is 15.0 Å². The number of carbonyl (C=O) groups excluding carboxylic acids is 2. The molecule has 0 atom stereocenters. The third-order valence-electron chi connectivity index (χ3n) is 4.48. The molecule has 1 aliphatic rings. The maximum Gasteiger partial charge on any atom is 0.265 e. The van der Waals surface area contributed by atoms with Crippen LogP contribution in [0.5, 0.6) is 5.75 Å². The van der Waals surface area contributed by atoms with Crippen molar-refractivity contribution in [2.75, 3.05) is 16.8 Å². The van der Waals surface area contributed by atoms with Gasteiger partial charge in [0.2, 0.25) is 0 Å². The molecule has 0 radical (unpaired) electrons. The molecule has 0 saturated heterocycles. The van der Waals surface area contributed by atoms with E-state index in [1.165, 1.54) is 11.0 Å². The topological polar surface area (TPSA) is 58.6 Å². The van der Waals surface area contributed by atoms with Crippen molar-refractivity contribution in [3.63, 3.8) is 0 Å². The fourth-order valence-electron chi connectivity index (χ4n) is 3.05. The largest absolute Gasteiger partial charge is 0.481 e. The first-order valence-corrected chi connectivity index (χ1v) is 8.79. The number of halogens is 1. The predicted octanol–water partition coefficient (Wildman–Crippen LogP) is 4.00. The first-order chi connectivity index (χ1) is 13.6. The van der Waals surface area contributed by atoms with E-state index in [0.717, 1.165) is 0 Å². The van der Waals surface area contributed by atoms with Gasteiger partial charge >= 0.3 is 0 Å². The lowest BCUT2D eigenvalue weighted by Gasteiger charge is -2.30. The highest BCUT2D eigenvalue weighted by atomic mass is 19.1. The third-order valence-corrected chi connectivity index (χ3v) is 4.48. The van der Waals surface area contributed by atoms with Crippen molar-refractivity contribution in [2.24, 2.45) is 0 Å². The molecule has 3 aromatic carbocycles. The molecule has 28 heavy (non-hydrogen) atoms. The van der Waals surface area contributed by atoms with E-state index in [4.69, 9.17) is 4.74 Å². The van der Waals surface area contributed by atoms with E-state index >= 15 is 0 Å². The maximum atomic E-state index is 14.0. The summed E-state index contributed by atoms with van der Waals surface area (Å²) in [6.07, 6.45) is 0. The van der Waals surface area contributed by atoms with Gasteiger partial charge in [-0.25, -0.2) is 4.39 Å². The minimum atomic E-state index is -0.366. The van der Waals surface area contributed by atoms with Gasteiger partial charge in [0.25, 0.3) is 11.8 Å². The van der Waals surface area contributed by atoms with E-state index in [1.807, 2.05) is 6.07 Å². The zero-order valence-corrected chi connectivity index (χ0v) is 14.9. The molecule has 1 aliphatic heterocycles. The smallest absolute Gasteiger partial charge is 0.265 e. The average molecular weight is 376 g/mol. The first-order valence-electron chi connectivity index (χ1n) is 8.79. The molecule has 5 nitrogen and oxygen atoms in total. The minimum absolute atomic E-state index is 0.109. The van der Waals surface area contributed by atoms with E-state index in [-0.39, 0.29) is 30.8 Å². The molecule has 0 aromatic heterocycles. The van der Waals surface area contributed by atoms with Crippen LogP contribution in [0.2, 0.25) is 0 Å². The van der Waals surface area contributed by atoms with Gasteiger partial charge in [0.05, 0.1) is 12.2 Å². The first kappa shape index (κ1) is 17.7. The molecule has 0 unspecified atom stereocenters. The number of hydrogen-bond donors (Lipinski definition) is 1. The van der Waals surface area contributed by atoms with Crippen LogP contribution in [0.25, 0.3) is 0 Å². The molecular formula is C22H17FN2O3. The molecule has 0 fully saturated rings. The Kier molecular flexibility index (Phi) is 4.76. The number of carbonyl (C=O) groups is 2. The zero-order chi connectivity index (χ0) is 19.5. The molecule has 6 heteroatoms. The highest BCUT2D eigenvalue weighted by Crippen LogP contribution is 2.35. The lowest BCUT2D eigenvalue weighted by Crippen LogP contribution is -2.38. The number of amides is 2. The number of anilines is 2. The molecule has 0 aliphatic carbocycles. The normalized spacial score (nSPS) is 12.9. The number of nitrogens with zero attached hydrogens (tertiary/aromatic N) is 1. The monoisotopic (exact) mass is 376 g/mol. The Labute approximate surface area is 161 Å². The van der Waals surface area contributed by atoms with E-state index in [1.54, 1.807) is 60.7 Å². The van der Waals surface area contributed by atoms with Crippen LogP contribution in [-0.2, 0) is 11.3 Å². The van der Waals surface area contributed by atoms with Gasteiger partial charge in [-0.3, -0.25) is 9.59 Å². The van der Waals surface area contributed by atoms with E-state index in [2.05, 4.69) is 5.32 Å². The summed E-state index contributed by atoms with van der Waals surface area (Å²) in [6, 6.07) is 20.2. The lowest BCUT2D eigenvalue weighted by molar-refractivity contribution is -0.121. The molecule has 0 saturated carbocycles. The van der Waals surface area contributed by atoms with Crippen molar-refractivity contribution < 1.29 is 18.7 Å². The molecule has 1 heterocycles. The summed E-state index contributed by atoms with van der Waals surface area (Å²) in [5, 5.41) is 2.81. The Morgan fingerprint density at radius 2 is 1.79 bits per heavy atom. The Balaban J connectivity index is 1.58. The minimum Gasteiger partial charge on any atom is -0.481 e. The second-order valence-corrected chi connectivity index (χ2v) is 6.36. The van der Waals surface area contributed by atoms with Crippen LogP contribution in [0.1, 0.15) is 15.9 Å². The van der Waals surface area contributed by atoms with Crippen LogP contribution in [-0.4, -0.2) is 18.4 Å². The van der Waals surface area contributed by atoms with Gasteiger partial charge in [-0.15, -0.1) is 0 Å². The summed E-state index contributed by atoms with van der Waals surface area (Å²) in [6.45, 7) is -0.0326. The van der Waals surface area contributed by atoms with Crippen molar-refractivity contribution in [2.45, 2.75) is 6.54 Å². The lowest BCUT2D eigenvalue weighted by atomic mass is 10.1. The van der Waals surface area contributed by atoms with Crippen LogP contribution in [0.15, 0.2) is 72.8 Å². The van der Waals surface area contributed by atoms with Crippen LogP contribution in [0.3, 0.4) is 0 Å². The van der Waals surface area contributed by atoms with Gasteiger partial charge in [-0.2, -0.15) is 0 Å². The zero-order valence-electron chi connectivity index (χ0n) is 14.9. The number of rotatable bonds is 4. The van der Waals surface area contributed by atoms with E-state index in [0.29, 0.717) is 28.3 Å². The number of hydrogen-bond acceptors (Lipinski definition) is 3. The van der Waals surface area contributed by atoms with Gasteiger partial charge in [-0.1, -0.05) is 36.4 Å². The third kappa shape index (κ3) is 3.57. The van der Waals surface area contributed by atoms with Gasteiger partial charge in [-0.05, 0) is 30.3 Å². The van der Waals surface area contributed by atoms with Gasteiger partial charge in [0.1, 0.15) is 11.6 Å². The Morgan fingerprint density at radius 1 is 1.04 bits per heavy atom. The van der Waals surface area contributed by atoms with E-state index < -0.39 is 0 Å². The number of benzene rings is 3. The number of ether oxygens (including phenoxy) is 1. The fourth-order valence-corrected chi connectivity index (χ4v) is 3.05. The quantitative estimate of drug-likeness (QED) is 0.749. The summed E-state index contributed by atoms with van der Waals surface area (Å²) in [7, 11) is 0. The second kappa shape index (κ2) is 7.52. The standard InChI is InChI=1S/C22H17FN2O3/c23-18-9-5-4-8-16(18)13-25-19-11-10-17(12-20(19)28-14-21(25)26)24-22(27)15-6-2-1-3-7-15/h1-12H,13-14H2,(H,24,27). The molecule has 3 aromatic rings.